The van der Waals surface area contributed by atoms with Gasteiger partial charge in [0.2, 0.25) is 0 Å². The van der Waals surface area contributed by atoms with E-state index in [1.54, 1.807) is 0 Å². The van der Waals surface area contributed by atoms with Crippen molar-refractivity contribution in [2.45, 2.75) is 6.61 Å². The Morgan fingerprint density at radius 3 is 2.91 bits per heavy atom. The molecule has 1 nitrogen and oxygen atoms in total. The molecule has 0 atom stereocenters. The fourth-order valence-corrected chi connectivity index (χ4v) is 1.31. The van der Waals surface area contributed by atoms with Crippen LogP contribution in [0.15, 0.2) is 28.7 Å². The summed E-state index contributed by atoms with van der Waals surface area (Å²) in [5, 5.41) is 0. The average Bonchev–Trinajstić information content (AvgIpc) is 2.01. The second kappa shape index (κ2) is 4.75. The molecule has 0 aliphatic heterocycles. The van der Waals surface area contributed by atoms with Gasteiger partial charge < -0.3 is 4.74 Å². The standard InChI is InChI=1S/C8H8BrClO/c9-8-3-1-2-7(4-8)5-11-6-10/h1-4H,5-6H2. The molecule has 0 spiro atoms. The van der Waals surface area contributed by atoms with Gasteiger partial charge in [-0.2, -0.15) is 0 Å². The zero-order valence-corrected chi connectivity index (χ0v) is 8.23. The number of ether oxygens (including phenoxy) is 1. The van der Waals surface area contributed by atoms with Crippen molar-refractivity contribution in [2.75, 3.05) is 6.07 Å². The summed E-state index contributed by atoms with van der Waals surface area (Å²) in [7, 11) is 0. The SMILES string of the molecule is ClCOCc1cccc(Br)c1. The number of halogens is 2. The molecule has 0 aliphatic carbocycles. The first kappa shape index (κ1) is 9.04. The van der Waals surface area contributed by atoms with Crippen LogP contribution >= 0.6 is 27.5 Å². The number of hydrogen-bond donors (Lipinski definition) is 0. The molecule has 0 saturated carbocycles. The van der Waals surface area contributed by atoms with Gasteiger partial charge in [-0.1, -0.05) is 39.7 Å². The van der Waals surface area contributed by atoms with E-state index in [2.05, 4.69) is 15.9 Å². The average molecular weight is 236 g/mol. The zero-order chi connectivity index (χ0) is 8.10. The molecule has 1 rings (SSSR count). The fraction of sp³-hybridized carbons (Fsp3) is 0.250. The molecule has 0 heterocycles. The van der Waals surface area contributed by atoms with E-state index in [1.807, 2.05) is 24.3 Å². The molecule has 11 heavy (non-hydrogen) atoms. The van der Waals surface area contributed by atoms with E-state index in [0.717, 1.165) is 10.0 Å². The highest BCUT2D eigenvalue weighted by molar-refractivity contribution is 9.10. The molecule has 3 heteroatoms. The van der Waals surface area contributed by atoms with Crippen LogP contribution in [0.2, 0.25) is 0 Å². The Morgan fingerprint density at radius 2 is 2.27 bits per heavy atom. The summed E-state index contributed by atoms with van der Waals surface area (Å²) < 4.78 is 6.08. The van der Waals surface area contributed by atoms with Crippen molar-refractivity contribution in [3.05, 3.63) is 34.3 Å². The maximum atomic E-state index is 5.36. The van der Waals surface area contributed by atoms with E-state index in [-0.39, 0.29) is 6.07 Å². The van der Waals surface area contributed by atoms with Gasteiger partial charge in [0, 0.05) is 4.47 Å². The van der Waals surface area contributed by atoms with Crippen LogP contribution in [0.1, 0.15) is 5.56 Å². The highest BCUT2D eigenvalue weighted by Crippen LogP contribution is 2.12. The largest absolute Gasteiger partial charge is 0.361 e. The van der Waals surface area contributed by atoms with E-state index < -0.39 is 0 Å². The van der Waals surface area contributed by atoms with Gasteiger partial charge in [-0.25, -0.2) is 0 Å². The van der Waals surface area contributed by atoms with Crippen LogP contribution in [0, 0.1) is 0 Å². The van der Waals surface area contributed by atoms with Crippen molar-refractivity contribution >= 4 is 27.5 Å². The first-order chi connectivity index (χ1) is 5.33. The van der Waals surface area contributed by atoms with Crippen molar-refractivity contribution in [3.8, 4) is 0 Å². The van der Waals surface area contributed by atoms with Gasteiger partial charge in [0.15, 0.2) is 0 Å². The lowest BCUT2D eigenvalue weighted by Crippen LogP contribution is -1.89. The third-order valence-electron chi connectivity index (χ3n) is 1.23. The molecule has 0 N–H and O–H groups in total. The minimum atomic E-state index is 0.243. The van der Waals surface area contributed by atoms with Gasteiger partial charge in [0.25, 0.3) is 0 Å². The Hall–Kier alpha value is -0.0500. The van der Waals surface area contributed by atoms with E-state index in [1.165, 1.54) is 0 Å². The molecule has 60 valence electrons. The molecule has 0 radical (unpaired) electrons. The first-order valence-corrected chi connectivity index (χ1v) is 4.54. The Labute approximate surface area is 79.4 Å². The highest BCUT2D eigenvalue weighted by Gasteiger charge is 1.92. The summed E-state index contributed by atoms with van der Waals surface area (Å²) in [5.74, 6) is 0. The molecule has 0 saturated heterocycles. The Balaban J connectivity index is 2.56. The summed E-state index contributed by atoms with van der Waals surface area (Å²) in [6.45, 7) is 0.572. The fourth-order valence-electron chi connectivity index (χ4n) is 0.783. The first-order valence-electron chi connectivity index (χ1n) is 3.21. The lowest BCUT2D eigenvalue weighted by molar-refractivity contribution is 0.165. The van der Waals surface area contributed by atoms with E-state index >= 15 is 0 Å². The molecular weight excluding hydrogens is 227 g/mol. The molecule has 0 fully saturated rings. The maximum Gasteiger partial charge on any atom is 0.121 e. The van der Waals surface area contributed by atoms with Crippen molar-refractivity contribution in [2.24, 2.45) is 0 Å². The Kier molecular flexibility index (Phi) is 3.91. The third-order valence-corrected chi connectivity index (χ3v) is 1.88. The lowest BCUT2D eigenvalue weighted by Gasteiger charge is -1.99. The summed E-state index contributed by atoms with van der Waals surface area (Å²) >= 11 is 8.72. The lowest BCUT2D eigenvalue weighted by atomic mass is 10.2. The van der Waals surface area contributed by atoms with E-state index in [4.69, 9.17) is 16.3 Å². The second-order valence-corrected chi connectivity index (χ2v) is 3.22. The Bertz CT molecular complexity index is 227. The quantitative estimate of drug-likeness (QED) is 0.731. The normalized spacial score (nSPS) is 10.0. The monoisotopic (exact) mass is 234 g/mol. The van der Waals surface area contributed by atoms with E-state index in [0.29, 0.717) is 6.61 Å². The van der Waals surface area contributed by atoms with Gasteiger partial charge in [0.05, 0.1) is 6.61 Å². The predicted molar refractivity (Wildman–Crippen MR) is 49.7 cm³/mol. The minimum absolute atomic E-state index is 0.243. The van der Waals surface area contributed by atoms with Crippen LogP contribution in [-0.2, 0) is 11.3 Å². The van der Waals surface area contributed by atoms with Crippen molar-refractivity contribution < 1.29 is 4.74 Å². The van der Waals surface area contributed by atoms with Gasteiger partial charge in [-0.15, -0.1) is 0 Å². The second-order valence-electron chi connectivity index (χ2n) is 2.09. The summed E-state index contributed by atoms with van der Waals surface area (Å²) in [5.41, 5.74) is 1.13. The van der Waals surface area contributed by atoms with Gasteiger partial charge >= 0.3 is 0 Å². The number of hydrogen-bond acceptors (Lipinski definition) is 1. The van der Waals surface area contributed by atoms with Crippen LogP contribution in [0.5, 0.6) is 0 Å². The van der Waals surface area contributed by atoms with Crippen molar-refractivity contribution in [1.82, 2.24) is 0 Å². The van der Waals surface area contributed by atoms with Crippen LogP contribution in [0.4, 0.5) is 0 Å². The van der Waals surface area contributed by atoms with Crippen LogP contribution in [-0.4, -0.2) is 6.07 Å². The molecule has 0 amide bonds. The molecular formula is C8H8BrClO. The smallest absolute Gasteiger partial charge is 0.121 e. The molecule has 0 bridgehead atoms. The molecule has 0 aliphatic rings. The van der Waals surface area contributed by atoms with Crippen LogP contribution in [0.25, 0.3) is 0 Å². The molecule has 0 aromatic heterocycles. The summed E-state index contributed by atoms with van der Waals surface area (Å²) in [4.78, 5) is 0. The molecule has 1 aromatic rings. The molecule has 0 unspecified atom stereocenters. The van der Waals surface area contributed by atoms with Crippen LogP contribution in [0.3, 0.4) is 0 Å². The Morgan fingerprint density at radius 1 is 1.45 bits per heavy atom. The number of benzene rings is 1. The van der Waals surface area contributed by atoms with Crippen LogP contribution < -0.4 is 0 Å². The topological polar surface area (TPSA) is 9.23 Å². The summed E-state index contributed by atoms with van der Waals surface area (Å²) in [6, 6.07) is 8.19. The van der Waals surface area contributed by atoms with E-state index in [9.17, 15) is 0 Å². The summed E-state index contributed by atoms with van der Waals surface area (Å²) in [6.07, 6.45) is 0. The number of alkyl halides is 1. The predicted octanol–water partition coefficient (Wildman–Crippen LogP) is 3.16. The maximum absolute atomic E-state index is 5.36. The van der Waals surface area contributed by atoms with Crippen molar-refractivity contribution in [1.29, 1.82) is 0 Å². The van der Waals surface area contributed by atoms with Crippen molar-refractivity contribution in [3.63, 3.8) is 0 Å². The third kappa shape index (κ3) is 3.23. The zero-order valence-electron chi connectivity index (χ0n) is 5.89. The minimum Gasteiger partial charge on any atom is -0.361 e. The van der Waals surface area contributed by atoms with Gasteiger partial charge in [0.1, 0.15) is 6.07 Å². The highest BCUT2D eigenvalue weighted by atomic mass is 79.9. The number of rotatable bonds is 3. The molecule has 1 aromatic carbocycles. The van der Waals surface area contributed by atoms with Gasteiger partial charge in [-0.05, 0) is 17.7 Å². The van der Waals surface area contributed by atoms with Gasteiger partial charge in [-0.3, -0.25) is 0 Å².